The number of furan rings is 1. The molecule has 0 bridgehead atoms. The van der Waals surface area contributed by atoms with E-state index in [-0.39, 0.29) is 22.9 Å². The van der Waals surface area contributed by atoms with Crippen molar-refractivity contribution in [1.82, 2.24) is 15.2 Å². The van der Waals surface area contributed by atoms with Gasteiger partial charge < -0.3 is 14.6 Å². The highest BCUT2D eigenvalue weighted by Crippen LogP contribution is 2.34. The Balaban J connectivity index is 1.32. The van der Waals surface area contributed by atoms with Gasteiger partial charge in [-0.3, -0.25) is 9.69 Å². The van der Waals surface area contributed by atoms with Crippen molar-refractivity contribution in [2.24, 2.45) is 5.92 Å². The predicted octanol–water partition coefficient (Wildman–Crippen LogP) is 4.91. The Morgan fingerprint density at radius 3 is 2.55 bits per heavy atom. The molecule has 33 heavy (non-hydrogen) atoms. The van der Waals surface area contributed by atoms with Crippen LogP contribution in [0.3, 0.4) is 0 Å². The minimum atomic E-state index is -4.48. The van der Waals surface area contributed by atoms with Crippen molar-refractivity contribution >= 4 is 23.3 Å². The summed E-state index contributed by atoms with van der Waals surface area (Å²) in [7, 11) is 0. The Hall–Kier alpha value is -2.26. The van der Waals surface area contributed by atoms with E-state index in [9.17, 15) is 18.0 Å². The highest BCUT2D eigenvalue weighted by Gasteiger charge is 2.33. The first-order valence-electron chi connectivity index (χ1n) is 11.4. The molecule has 0 spiro atoms. The number of aromatic nitrogens is 1. The lowest BCUT2D eigenvalue weighted by Gasteiger charge is -2.35. The van der Waals surface area contributed by atoms with E-state index in [2.05, 4.69) is 15.2 Å². The molecule has 180 valence electrons. The molecule has 2 aliphatic rings. The fourth-order valence-electron chi connectivity index (χ4n) is 4.63. The molecule has 0 aromatic carbocycles. The Labute approximate surface area is 196 Å². The number of amides is 1. The van der Waals surface area contributed by atoms with Crippen LogP contribution < -0.4 is 10.2 Å². The molecule has 2 aromatic rings. The first kappa shape index (κ1) is 23.9. The molecule has 10 heteroatoms. The van der Waals surface area contributed by atoms with E-state index in [4.69, 9.17) is 16.0 Å². The number of nitrogens with zero attached hydrogens (tertiary/aromatic N) is 3. The molecule has 6 nitrogen and oxygen atoms in total. The summed E-state index contributed by atoms with van der Waals surface area (Å²) < 4.78 is 44.2. The van der Waals surface area contributed by atoms with Crippen LogP contribution in [0.15, 0.2) is 35.1 Å². The topological polar surface area (TPSA) is 61.6 Å². The summed E-state index contributed by atoms with van der Waals surface area (Å²) in [6, 6.07) is 4.73. The van der Waals surface area contributed by atoms with Crippen molar-refractivity contribution in [2.75, 3.05) is 37.6 Å². The minimum Gasteiger partial charge on any atom is -0.468 e. The SMILES string of the molecule is O=C(NCC(c1ccco1)N1CCCCC1)C1CCN(c2ncc(C(F)(F)F)cc2Cl)CC1. The smallest absolute Gasteiger partial charge is 0.417 e. The second kappa shape index (κ2) is 10.3. The van der Waals surface area contributed by atoms with Gasteiger partial charge in [0.1, 0.15) is 11.6 Å². The van der Waals surface area contributed by atoms with Crippen molar-refractivity contribution in [3.63, 3.8) is 0 Å². The van der Waals surface area contributed by atoms with E-state index in [1.165, 1.54) is 6.42 Å². The van der Waals surface area contributed by atoms with Gasteiger partial charge in [0.25, 0.3) is 0 Å². The van der Waals surface area contributed by atoms with Crippen LogP contribution in [-0.4, -0.2) is 48.5 Å². The highest BCUT2D eigenvalue weighted by molar-refractivity contribution is 6.33. The number of rotatable bonds is 6. The number of carbonyl (C=O) groups excluding carboxylic acids is 1. The third-order valence-electron chi connectivity index (χ3n) is 6.49. The van der Waals surface area contributed by atoms with Crippen LogP contribution in [0.5, 0.6) is 0 Å². The van der Waals surface area contributed by atoms with E-state index >= 15 is 0 Å². The standard InChI is InChI=1S/C23H28ClF3N4O2/c24-18-13-17(23(25,26)27)14-28-21(18)31-10-6-16(7-11-31)22(32)29-15-19(20-5-4-12-33-20)30-8-2-1-3-9-30/h4-5,12-14,16,19H,1-3,6-11,15H2,(H,29,32). The van der Waals surface area contributed by atoms with Gasteiger partial charge in [0.05, 0.1) is 22.9 Å². The van der Waals surface area contributed by atoms with Gasteiger partial charge in [0, 0.05) is 31.7 Å². The molecular formula is C23H28ClF3N4O2. The van der Waals surface area contributed by atoms with Crippen molar-refractivity contribution < 1.29 is 22.4 Å². The zero-order valence-electron chi connectivity index (χ0n) is 18.3. The lowest BCUT2D eigenvalue weighted by molar-refractivity contribution is -0.137. The molecule has 0 radical (unpaired) electrons. The molecule has 0 saturated carbocycles. The Morgan fingerprint density at radius 2 is 1.94 bits per heavy atom. The van der Waals surface area contributed by atoms with Gasteiger partial charge in [-0.1, -0.05) is 18.0 Å². The van der Waals surface area contributed by atoms with Crippen LogP contribution in [0.1, 0.15) is 49.5 Å². The number of hydrogen-bond acceptors (Lipinski definition) is 5. The van der Waals surface area contributed by atoms with Gasteiger partial charge in [0.15, 0.2) is 0 Å². The second-order valence-electron chi connectivity index (χ2n) is 8.66. The molecule has 2 saturated heterocycles. The van der Waals surface area contributed by atoms with Crippen molar-refractivity contribution in [2.45, 2.75) is 44.3 Å². The summed E-state index contributed by atoms with van der Waals surface area (Å²) in [6.45, 7) is 3.47. The average molecular weight is 485 g/mol. The third-order valence-corrected chi connectivity index (χ3v) is 6.77. The average Bonchev–Trinajstić information content (AvgIpc) is 3.34. The lowest BCUT2D eigenvalue weighted by Crippen LogP contribution is -2.44. The third kappa shape index (κ3) is 5.81. The normalized spacial score (nSPS) is 19.5. The predicted molar refractivity (Wildman–Crippen MR) is 119 cm³/mol. The van der Waals surface area contributed by atoms with Crippen LogP contribution in [0.25, 0.3) is 0 Å². The maximum absolute atomic E-state index is 12.9. The summed E-state index contributed by atoms with van der Waals surface area (Å²) in [5.41, 5.74) is -0.870. The van der Waals surface area contributed by atoms with E-state index < -0.39 is 11.7 Å². The maximum Gasteiger partial charge on any atom is 0.417 e. The highest BCUT2D eigenvalue weighted by atomic mass is 35.5. The summed E-state index contributed by atoms with van der Waals surface area (Å²) in [5.74, 6) is 1.02. The Bertz CT molecular complexity index is 924. The van der Waals surface area contributed by atoms with Crippen LogP contribution in [0.2, 0.25) is 5.02 Å². The molecule has 1 atom stereocenters. The molecule has 4 rings (SSSR count). The lowest BCUT2D eigenvalue weighted by atomic mass is 9.95. The quantitative estimate of drug-likeness (QED) is 0.631. The number of likely N-dealkylation sites (tertiary alicyclic amines) is 1. The Kier molecular flexibility index (Phi) is 7.48. The fourth-order valence-corrected chi connectivity index (χ4v) is 4.92. The van der Waals surface area contributed by atoms with Crippen molar-refractivity contribution in [3.05, 3.63) is 47.0 Å². The number of piperidine rings is 2. The zero-order valence-corrected chi connectivity index (χ0v) is 19.0. The number of halogens is 4. The number of hydrogen-bond donors (Lipinski definition) is 1. The van der Waals surface area contributed by atoms with Gasteiger partial charge in [-0.05, 0) is 57.0 Å². The molecule has 1 amide bonds. The van der Waals surface area contributed by atoms with Gasteiger partial charge in [-0.2, -0.15) is 13.2 Å². The van der Waals surface area contributed by atoms with Gasteiger partial charge in [-0.15, -0.1) is 0 Å². The number of anilines is 1. The number of nitrogens with one attached hydrogen (secondary N) is 1. The summed E-state index contributed by atoms with van der Waals surface area (Å²) in [6.07, 6.45) is 2.65. The second-order valence-corrected chi connectivity index (χ2v) is 9.07. The molecule has 1 N–H and O–H groups in total. The minimum absolute atomic E-state index is 0.00492. The van der Waals surface area contributed by atoms with Crippen LogP contribution in [0, 0.1) is 5.92 Å². The summed E-state index contributed by atoms with van der Waals surface area (Å²) >= 11 is 6.08. The number of alkyl halides is 3. The van der Waals surface area contributed by atoms with Crippen LogP contribution in [0.4, 0.5) is 19.0 Å². The largest absolute Gasteiger partial charge is 0.468 e. The molecular weight excluding hydrogens is 457 g/mol. The first-order chi connectivity index (χ1) is 15.8. The molecule has 0 aliphatic carbocycles. The summed E-state index contributed by atoms with van der Waals surface area (Å²) in [5, 5.41) is 3.07. The molecule has 2 fully saturated rings. The van der Waals surface area contributed by atoms with Gasteiger partial charge >= 0.3 is 6.18 Å². The first-order valence-corrected chi connectivity index (χ1v) is 11.7. The molecule has 2 aliphatic heterocycles. The zero-order chi connectivity index (χ0) is 23.4. The van der Waals surface area contributed by atoms with Crippen LogP contribution >= 0.6 is 11.6 Å². The van der Waals surface area contributed by atoms with E-state index in [1.54, 1.807) is 6.26 Å². The van der Waals surface area contributed by atoms with E-state index in [0.29, 0.717) is 38.3 Å². The summed E-state index contributed by atoms with van der Waals surface area (Å²) in [4.78, 5) is 21.0. The number of carbonyl (C=O) groups is 1. The van der Waals surface area contributed by atoms with Gasteiger partial charge in [-0.25, -0.2) is 4.98 Å². The van der Waals surface area contributed by atoms with Crippen molar-refractivity contribution in [1.29, 1.82) is 0 Å². The van der Waals surface area contributed by atoms with E-state index in [0.717, 1.165) is 44.0 Å². The van der Waals surface area contributed by atoms with E-state index in [1.807, 2.05) is 17.0 Å². The van der Waals surface area contributed by atoms with Crippen molar-refractivity contribution in [3.8, 4) is 0 Å². The fraction of sp³-hybridized carbons (Fsp3) is 0.565. The van der Waals surface area contributed by atoms with Gasteiger partial charge in [0.2, 0.25) is 5.91 Å². The number of pyridine rings is 1. The molecule has 4 heterocycles. The Morgan fingerprint density at radius 1 is 1.21 bits per heavy atom. The molecule has 1 unspecified atom stereocenters. The molecule has 2 aromatic heterocycles. The maximum atomic E-state index is 12.9. The monoisotopic (exact) mass is 484 g/mol. The van der Waals surface area contributed by atoms with Crippen LogP contribution in [-0.2, 0) is 11.0 Å².